The molecule has 0 saturated carbocycles. The molecule has 5 nitrogen and oxygen atoms in total. The Kier molecular flexibility index (Phi) is 6.63. The van der Waals surface area contributed by atoms with Crippen molar-refractivity contribution in [3.05, 3.63) is 109 Å². The number of esters is 1. The van der Waals surface area contributed by atoms with Crippen LogP contribution >= 0.6 is 0 Å². The van der Waals surface area contributed by atoms with Crippen LogP contribution in [0.3, 0.4) is 0 Å². The molecule has 0 bridgehead atoms. The van der Waals surface area contributed by atoms with Crippen molar-refractivity contribution in [1.29, 1.82) is 0 Å². The Morgan fingerprint density at radius 2 is 1.39 bits per heavy atom. The van der Waals surface area contributed by atoms with E-state index in [1.54, 1.807) is 0 Å². The Hall–Kier alpha value is -4.64. The molecule has 0 unspecified atom stereocenters. The fourth-order valence-electron chi connectivity index (χ4n) is 4.19. The second kappa shape index (κ2) is 10.3. The minimum absolute atomic E-state index is 0.169. The zero-order valence-electron chi connectivity index (χ0n) is 20.2. The van der Waals surface area contributed by atoms with Crippen LogP contribution in [0.2, 0.25) is 0 Å². The highest BCUT2D eigenvalue weighted by molar-refractivity contribution is 5.85. The van der Waals surface area contributed by atoms with Gasteiger partial charge in [-0.15, -0.1) is 0 Å². The summed E-state index contributed by atoms with van der Waals surface area (Å²) in [4.78, 5) is 18.6. The number of methoxy groups -OCH3 is 1. The van der Waals surface area contributed by atoms with Crippen molar-refractivity contribution in [2.24, 2.45) is 0 Å². The second-order valence-electron chi connectivity index (χ2n) is 8.46. The minimum Gasteiger partial charge on any atom is -0.468 e. The molecule has 0 aliphatic rings. The maximum atomic E-state index is 11.8. The minimum atomic E-state index is -0.287. The first kappa shape index (κ1) is 23.1. The Bertz CT molecular complexity index is 1420. The summed E-state index contributed by atoms with van der Waals surface area (Å²) >= 11 is 0. The summed E-state index contributed by atoms with van der Waals surface area (Å²) in [6, 6.07) is 36.3. The predicted octanol–water partition coefficient (Wildman–Crippen LogP) is 6.95. The molecule has 4 aromatic carbocycles. The van der Waals surface area contributed by atoms with Crippen molar-refractivity contribution in [1.82, 2.24) is 4.98 Å². The lowest BCUT2D eigenvalue weighted by Gasteiger charge is -2.19. The van der Waals surface area contributed by atoms with E-state index in [9.17, 15) is 4.79 Å². The largest absolute Gasteiger partial charge is 0.468 e. The zero-order valence-corrected chi connectivity index (χ0v) is 20.2. The lowest BCUT2D eigenvalue weighted by molar-refractivity contribution is -0.138. The fraction of sp³-hybridized carbons (Fsp3) is 0.0968. The van der Waals surface area contributed by atoms with Gasteiger partial charge in [-0.25, -0.2) is 4.98 Å². The summed E-state index contributed by atoms with van der Waals surface area (Å²) in [5.74, 6) is 1.000. The van der Waals surface area contributed by atoms with Crippen molar-refractivity contribution in [3.63, 3.8) is 0 Å². The highest BCUT2D eigenvalue weighted by Gasteiger charge is 2.20. The maximum absolute atomic E-state index is 11.8. The third-order valence-corrected chi connectivity index (χ3v) is 6.06. The zero-order chi connectivity index (χ0) is 24.9. The number of nitrogens with zero attached hydrogens (tertiary/aromatic N) is 2. The van der Waals surface area contributed by atoms with Crippen LogP contribution in [0.15, 0.2) is 114 Å². The van der Waals surface area contributed by atoms with Crippen LogP contribution in [-0.4, -0.2) is 31.7 Å². The van der Waals surface area contributed by atoms with Gasteiger partial charge >= 0.3 is 5.97 Å². The topological polar surface area (TPSA) is 55.6 Å². The number of hydrogen-bond donors (Lipinski definition) is 0. The standard InChI is InChI=1S/C31H26N2O3/c1-33(21-28(34)35-2)25-17-11-16-24(20-25)26-18-9-10-19-27(26)31-32-29(22-12-5-3-6-13-22)30(36-31)23-14-7-4-8-15-23/h3-20H,21H2,1-2H3. The van der Waals surface area contributed by atoms with E-state index >= 15 is 0 Å². The van der Waals surface area contributed by atoms with Gasteiger partial charge in [-0.2, -0.15) is 0 Å². The molecule has 5 aromatic rings. The monoisotopic (exact) mass is 474 g/mol. The molecule has 0 aliphatic carbocycles. The summed E-state index contributed by atoms with van der Waals surface area (Å²) < 4.78 is 11.3. The van der Waals surface area contributed by atoms with E-state index in [-0.39, 0.29) is 12.5 Å². The Morgan fingerprint density at radius 1 is 0.778 bits per heavy atom. The van der Waals surface area contributed by atoms with E-state index in [0.717, 1.165) is 45.0 Å². The van der Waals surface area contributed by atoms with E-state index < -0.39 is 0 Å². The molecule has 5 heteroatoms. The summed E-state index contributed by atoms with van der Waals surface area (Å²) in [5, 5.41) is 0. The van der Waals surface area contributed by atoms with Crippen LogP contribution in [0, 0.1) is 0 Å². The van der Waals surface area contributed by atoms with Gasteiger partial charge < -0.3 is 14.1 Å². The number of oxazole rings is 1. The molecule has 0 spiro atoms. The summed E-state index contributed by atoms with van der Waals surface area (Å²) in [6.07, 6.45) is 0. The van der Waals surface area contributed by atoms with Gasteiger partial charge in [-0.1, -0.05) is 91.0 Å². The molecule has 0 aliphatic heterocycles. The third kappa shape index (κ3) is 4.77. The average Bonchev–Trinajstić information content (AvgIpc) is 3.39. The highest BCUT2D eigenvalue weighted by Crippen LogP contribution is 2.39. The third-order valence-electron chi connectivity index (χ3n) is 6.06. The maximum Gasteiger partial charge on any atom is 0.325 e. The molecule has 0 N–H and O–H groups in total. The molecule has 5 rings (SSSR count). The molecular weight excluding hydrogens is 448 g/mol. The van der Waals surface area contributed by atoms with Crippen LogP contribution in [0.1, 0.15) is 0 Å². The first-order chi connectivity index (χ1) is 17.6. The van der Waals surface area contributed by atoms with Gasteiger partial charge in [0.25, 0.3) is 0 Å². The smallest absolute Gasteiger partial charge is 0.325 e. The van der Waals surface area contributed by atoms with Gasteiger partial charge in [-0.05, 0) is 29.3 Å². The Morgan fingerprint density at radius 3 is 2.08 bits per heavy atom. The first-order valence-corrected chi connectivity index (χ1v) is 11.7. The highest BCUT2D eigenvalue weighted by atomic mass is 16.5. The number of hydrogen-bond acceptors (Lipinski definition) is 5. The van der Waals surface area contributed by atoms with Gasteiger partial charge in [0, 0.05) is 29.4 Å². The molecular formula is C31H26N2O3. The Balaban J connectivity index is 1.60. The molecule has 178 valence electrons. The van der Waals surface area contributed by atoms with Crippen molar-refractivity contribution in [2.75, 3.05) is 25.6 Å². The number of likely N-dealkylation sites (N-methyl/N-ethyl adjacent to an activating group) is 1. The number of rotatable bonds is 7. The van der Waals surface area contributed by atoms with E-state index in [2.05, 4.69) is 12.1 Å². The van der Waals surface area contributed by atoms with Gasteiger partial charge in [0.2, 0.25) is 5.89 Å². The Labute approximate surface area is 210 Å². The number of aromatic nitrogens is 1. The average molecular weight is 475 g/mol. The molecule has 0 atom stereocenters. The number of ether oxygens (including phenoxy) is 1. The van der Waals surface area contributed by atoms with Crippen molar-refractivity contribution in [3.8, 4) is 45.2 Å². The van der Waals surface area contributed by atoms with E-state index in [0.29, 0.717) is 5.89 Å². The van der Waals surface area contributed by atoms with Crippen molar-refractivity contribution >= 4 is 11.7 Å². The first-order valence-electron chi connectivity index (χ1n) is 11.7. The van der Waals surface area contributed by atoms with Crippen molar-refractivity contribution in [2.45, 2.75) is 0 Å². The van der Waals surface area contributed by atoms with Gasteiger partial charge in [-0.3, -0.25) is 4.79 Å². The van der Waals surface area contributed by atoms with Crippen molar-refractivity contribution < 1.29 is 13.9 Å². The van der Waals surface area contributed by atoms with Gasteiger partial charge in [0.15, 0.2) is 5.76 Å². The fourth-order valence-corrected chi connectivity index (χ4v) is 4.19. The number of carbonyl (C=O) groups is 1. The second-order valence-corrected chi connectivity index (χ2v) is 8.46. The summed E-state index contributed by atoms with van der Waals surface area (Å²) in [7, 11) is 3.26. The molecule has 36 heavy (non-hydrogen) atoms. The van der Waals surface area contributed by atoms with E-state index in [4.69, 9.17) is 14.1 Å². The molecule has 0 fully saturated rings. The lowest BCUT2D eigenvalue weighted by Crippen LogP contribution is -2.26. The van der Waals surface area contributed by atoms with Crippen LogP contribution in [0.4, 0.5) is 5.69 Å². The van der Waals surface area contributed by atoms with Crippen LogP contribution in [0.5, 0.6) is 0 Å². The van der Waals surface area contributed by atoms with Crippen LogP contribution < -0.4 is 4.90 Å². The number of anilines is 1. The predicted molar refractivity (Wildman–Crippen MR) is 144 cm³/mol. The summed E-state index contributed by atoms with van der Waals surface area (Å²) in [6.45, 7) is 0.169. The number of carbonyl (C=O) groups excluding carboxylic acids is 1. The molecule has 0 saturated heterocycles. The SMILES string of the molecule is COC(=O)CN(C)c1cccc(-c2ccccc2-c2nc(-c3ccccc3)c(-c3ccccc3)o2)c1. The molecule has 0 amide bonds. The van der Waals surface area contributed by atoms with Crippen LogP contribution in [-0.2, 0) is 9.53 Å². The molecule has 1 aromatic heterocycles. The van der Waals surface area contributed by atoms with E-state index in [1.807, 2.05) is 109 Å². The molecule has 1 heterocycles. The normalized spacial score (nSPS) is 10.7. The van der Waals surface area contributed by atoms with E-state index in [1.165, 1.54) is 7.11 Å². The summed E-state index contributed by atoms with van der Waals surface area (Å²) in [5.41, 5.74) is 6.57. The lowest BCUT2D eigenvalue weighted by atomic mass is 9.99. The quantitative estimate of drug-likeness (QED) is 0.239. The van der Waals surface area contributed by atoms with Gasteiger partial charge in [0.05, 0.1) is 7.11 Å². The van der Waals surface area contributed by atoms with Gasteiger partial charge in [0.1, 0.15) is 12.2 Å². The number of benzene rings is 4. The molecule has 0 radical (unpaired) electrons. The van der Waals surface area contributed by atoms with Crippen LogP contribution in [0.25, 0.3) is 45.2 Å².